The molecule has 0 spiro atoms. The molecule has 0 aromatic heterocycles. The third kappa shape index (κ3) is 4.27. The summed E-state index contributed by atoms with van der Waals surface area (Å²) < 4.78 is 0. The van der Waals surface area contributed by atoms with E-state index in [1.54, 1.807) is 12.1 Å². The monoisotopic (exact) mass is 246 g/mol. The van der Waals surface area contributed by atoms with Crippen LogP contribution in [0.1, 0.15) is 25.8 Å². The van der Waals surface area contributed by atoms with Crippen LogP contribution in [0.5, 0.6) is 0 Å². The molecule has 3 N–H and O–H groups in total. The Morgan fingerprint density at radius 3 is 2.78 bits per heavy atom. The van der Waals surface area contributed by atoms with Gasteiger partial charge in [0, 0.05) is 24.0 Å². The second-order valence-corrected chi connectivity index (χ2v) is 4.77. The molecule has 0 radical (unpaired) electrons. The second kappa shape index (κ2) is 6.87. The van der Waals surface area contributed by atoms with E-state index >= 15 is 0 Å². The normalized spacial score (nSPS) is 10.7. The maximum atomic E-state index is 8.88. The average Bonchev–Trinajstić information content (AvgIpc) is 2.35. The number of nitrogen functional groups attached to an aromatic ring is 1. The number of nitrogens with zero attached hydrogens (tertiary/aromatic N) is 2. The first-order valence-electron chi connectivity index (χ1n) is 6.28. The van der Waals surface area contributed by atoms with E-state index in [0.717, 1.165) is 25.2 Å². The summed E-state index contributed by atoms with van der Waals surface area (Å²) in [7, 11) is 2.13. The molecule has 0 atom stereocenters. The van der Waals surface area contributed by atoms with Crippen molar-refractivity contribution in [2.24, 2.45) is 0 Å². The first-order valence-corrected chi connectivity index (χ1v) is 6.28. The van der Waals surface area contributed by atoms with Crippen LogP contribution in [0, 0.1) is 11.3 Å². The van der Waals surface area contributed by atoms with Crippen LogP contribution in [-0.4, -0.2) is 31.1 Å². The number of anilines is 2. The molecule has 0 saturated carbocycles. The zero-order chi connectivity index (χ0) is 13.5. The molecule has 1 aromatic carbocycles. The Balaban J connectivity index is 2.38. The Kier molecular flexibility index (Phi) is 5.47. The number of nitrogens with two attached hydrogens (primary N) is 1. The SMILES string of the molecule is CC(C)N(C)CCCNc1ccc(N)c(C#N)c1. The van der Waals surface area contributed by atoms with Crippen LogP contribution < -0.4 is 11.1 Å². The van der Waals surface area contributed by atoms with Crippen molar-refractivity contribution in [3.8, 4) is 6.07 Å². The van der Waals surface area contributed by atoms with Gasteiger partial charge in [-0.3, -0.25) is 0 Å². The van der Waals surface area contributed by atoms with Crippen LogP contribution in [-0.2, 0) is 0 Å². The molecule has 0 saturated heterocycles. The summed E-state index contributed by atoms with van der Waals surface area (Å²) in [6, 6.07) is 8.12. The summed E-state index contributed by atoms with van der Waals surface area (Å²) in [6.45, 7) is 6.33. The molecule has 1 aromatic rings. The lowest BCUT2D eigenvalue weighted by Crippen LogP contribution is -2.28. The number of hydrogen-bond donors (Lipinski definition) is 2. The van der Waals surface area contributed by atoms with Crippen LogP contribution in [0.25, 0.3) is 0 Å². The number of hydrogen-bond acceptors (Lipinski definition) is 4. The molecule has 0 heterocycles. The van der Waals surface area contributed by atoms with E-state index in [9.17, 15) is 0 Å². The number of nitriles is 1. The highest BCUT2D eigenvalue weighted by molar-refractivity contribution is 5.61. The van der Waals surface area contributed by atoms with Crippen molar-refractivity contribution in [2.45, 2.75) is 26.3 Å². The summed E-state index contributed by atoms with van der Waals surface area (Å²) >= 11 is 0. The molecular formula is C14H22N4. The topological polar surface area (TPSA) is 65.1 Å². The van der Waals surface area contributed by atoms with E-state index in [2.05, 4.69) is 37.2 Å². The van der Waals surface area contributed by atoms with Gasteiger partial charge >= 0.3 is 0 Å². The minimum absolute atomic E-state index is 0.527. The van der Waals surface area contributed by atoms with Gasteiger partial charge in [0.25, 0.3) is 0 Å². The number of benzene rings is 1. The molecule has 4 heteroatoms. The third-order valence-corrected chi connectivity index (χ3v) is 3.07. The Bertz CT molecular complexity index is 420. The van der Waals surface area contributed by atoms with Gasteiger partial charge in [-0.2, -0.15) is 5.26 Å². The van der Waals surface area contributed by atoms with E-state index in [1.165, 1.54) is 0 Å². The second-order valence-electron chi connectivity index (χ2n) is 4.77. The summed E-state index contributed by atoms with van der Waals surface area (Å²) in [4.78, 5) is 2.31. The lowest BCUT2D eigenvalue weighted by molar-refractivity contribution is 0.273. The van der Waals surface area contributed by atoms with Crippen LogP contribution in [0.2, 0.25) is 0 Å². The lowest BCUT2D eigenvalue weighted by atomic mass is 10.2. The number of rotatable bonds is 6. The predicted octanol–water partition coefficient (Wildman–Crippen LogP) is 2.28. The zero-order valence-electron chi connectivity index (χ0n) is 11.4. The smallest absolute Gasteiger partial charge is 0.101 e. The Morgan fingerprint density at radius 1 is 1.44 bits per heavy atom. The fraction of sp³-hybridized carbons (Fsp3) is 0.500. The number of nitrogens with one attached hydrogen (secondary N) is 1. The highest BCUT2D eigenvalue weighted by Crippen LogP contribution is 2.16. The molecule has 1 rings (SSSR count). The molecule has 0 aliphatic rings. The fourth-order valence-corrected chi connectivity index (χ4v) is 1.58. The van der Waals surface area contributed by atoms with E-state index in [-0.39, 0.29) is 0 Å². The molecule has 4 nitrogen and oxygen atoms in total. The quantitative estimate of drug-likeness (QED) is 0.597. The van der Waals surface area contributed by atoms with Crippen molar-refractivity contribution >= 4 is 11.4 Å². The van der Waals surface area contributed by atoms with Crippen molar-refractivity contribution < 1.29 is 0 Å². The van der Waals surface area contributed by atoms with E-state index in [1.807, 2.05) is 6.07 Å². The highest BCUT2D eigenvalue weighted by Gasteiger charge is 2.02. The Hall–Kier alpha value is -1.73. The molecule has 98 valence electrons. The van der Waals surface area contributed by atoms with E-state index in [4.69, 9.17) is 11.0 Å². The largest absolute Gasteiger partial charge is 0.398 e. The maximum Gasteiger partial charge on any atom is 0.101 e. The van der Waals surface area contributed by atoms with Crippen molar-refractivity contribution in [2.75, 3.05) is 31.2 Å². The average molecular weight is 246 g/mol. The minimum Gasteiger partial charge on any atom is -0.398 e. The van der Waals surface area contributed by atoms with Gasteiger partial charge in [-0.25, -0.2) is 0 Å². The molecular weight excluding hydrogens is 224 g/mol. The highest BCUT2D eigenvalue weighted by atomic mass is 15.1. The predicted molar refractivity (Wildman–Crippen MR) is 76.4 cm³/mol. The zero-order valence-corrected chi connectivity index (χ0v) is 11.4. The molecule has 0 bridgehead atoms. The Labute approximate surface area is 109 Å². The van der Waals surface area contributed by atoms with Gasteiger partial charge in [-0.15, -0.1) is 0 Å². The standard InChI is InChI=1S/C14H22N4/c1-11(2)18(3)8-4-7-17-13-5-6-14(16)12(9-13)10-15/h5-6,9,11,17H,4,7-8,16H2,1-3H3. The van der Waals surface area contributed by atoms with Gasteiger partial charge < -0.3 is 16.0 Å². The van der Waals surface area contributed by atoms with Gasteiger partial charge in [0.2, 0.25) is 0 Å². The van der Waals surface area contributed by atoms with Gasteiger partial charge in [0.15, 0.2) is 0 Å². The first-order chi connectivity index (χ1) is 8.54. The molecule has 0 amide bonds. The molecule has 0 aliphatic heterocycles. The summed E-state index contributed by atoms with van der Waals surface area (Å²) in [5.74, 6) is 0. The molecule has 18 heavy (non-hydrogen) atoms. The molecule has 0 unspecified atom stereocenters. The Morgan fingerprint density at radius 2 is 2.17 bits per heavy atom. The van der Waals surface area contributed by atoms with Crippen LogP contribution in [0.15, 0.2) is 18.2 Å². The summed E-state index contributed by atoms with van der Waals surface area (Å²) in [5.41, 5.74) is 7.68. The third-order valence-electron chi connectivity index (χ3n) is 3.07. The van der Waals surface area contributed by atoms with E-state index in [0.29, 0.717) is 17.3 Å². The minimum atomic E-state index is 0.527. The molecule has 0 aliphatic carbocycles. The van der Waals surface area contributed by atoms with Crippen molar-refractivity contribution in [3.05, 3.63) is 23.8 Å². The van der Waals surface area contributed by atoms with Crippen molar-refractivity contribution in [1.29, 1.82) is 5.26 Å². The summed E-state index contributed by atoms with van der Waals surface area (Å²) in [5, 5.41) is 12.2. The van der Waals surface area contributed by atoms with Gasteiger partial charge in [-0.1, -0.05) is 0 Å². The van der Waals surface area contributed by atoms with Gasteiger partial charge in [-0.05, 0) is 52.1 Å². The van der Waals surface area contributed by atoms with Crippen LogP contribution >= 0.6 is 0 Å². The maximum absolute atomic E-state index is 8.88. The van der Waals surface area contributed by atoms with Crippen LogP contribution in [0.4, 0.5) is 11.4 Å². The van der Waals surface area contributed by atoms with Gasteiger partial charge in [0.05, 0.1) is 5.56 Å². The molecule has 0 fully saturated rings. The van der Waals surface area contributed by atoms with Gasteiger partial charge in [0.1, 0.15) is 6.07 Å². The van der Waals surface area contributed by atoms with Crippen molar-refractivity contribution in [3.63, 3.8) is 0 Å². The van der Waals surface area contributed by atoms with E-state index < -0.39 is 0 Å². The van der Waals surface area contributed by atoms with Crippen LogP contribution in [0.3, 0.4) is 0 Å². The lowest BCUT2D eigenvalue weighted by Gasteiger charge is -2.20. The summed E-state index contributed by atoms with van der Waals surface area (Å²) in [6.07, 6.45) is 1.07. The first kappa shape index (κ1) is 14.3. The fourth-order valence-electron chi connectivity index (χ4n) is 1.58. The van der Waals surface area contributed by atoms with Crippen molar-refractivity contribution in [1.82, 2.24) is 4.90 Å².